The van der Waals surface area contributed by atoms with Crippen LogP contribution < -0.4 is 0 Å². The van der Waals surface area contributed by atoms with Crippen LogP contribution in [0.3, 0.4) is 0 Å². The molecule has 0 spiro atoms. The molecule has 0 fully saturated rings. The Morgan fingerprint density at radius 2 is 1.18 bits per heavy atom. The van der Waals surface area contributed by atoms with Crippen LogP contribution >= 0.6 is 0 Å². The first-order valence-corrected chi connectivity index (χ1v) is 8.88. The Morgan fingerprint density at radius 3 is 1.64 bits per heavy atom. The number of rotatable bonds is 15. The molecule has 0 radical (unpaired) electrons. The molecule has 4 heteroatoms. The van der Waals surface area contributed by atoms with Crippen molar-refractivity contribution in [1.82, 2.24) is 0 Å². The fourth-order valence-corrected chi connectivity index (χ4v) is 2.71. The predicted molar refractivity (Wildman–Crippen MR) is 89.0 cm³/mol. The van der Waals surface area contributed by atoms with Crippen molar-refractivity contribution in [3.05, 3.63) is 0 Å². The molecule has 0 rings (SSSR count). The smallest absolute Gasteiger partial charge is 0.306 e. The van der Waals surface area contributed by atoms with Crippen molar-refractivity contribution in [2.24, 2.45) is 11.8 Å². The Bertz CT molecular complexity index is 299. The summed E-state index contributed by atoms with van der Waals surface area (Å²) in [5.74, 6) is -1.04. The van der Waals surface area contributed by atoms with Crippen LogP contribution in [0.2, 0.25) is 0 Å². The van der Waals surface area contributed by atoms with Gasteiger partial charge in [0.1, 0.15) is 0 Å². The lowest BCUT2D eigenvalue weighted by molar-refractivity contribution is -0.142. The first-order valence-electron chi connectivity index (χ1n) is 8.88. The summed E-state index contributed by atoms with van der Waals surface area (Å²) in [6.45, 7) is 4.50. The molecule has 0 aliphatic carbocycles. The van der Waals surface area contributed by atoms with Gasteiger partial charge in [-0.15, -0.1) is 0 Å². The van der Waals surface area contributed by atoms with Gasteiger partial charge in [0.25, 0.3) is 0 Å². The predicted octanol–water partition coefficient (Wildman–Crippen LogP) is 5.11. The normalized spacial score (nSPS) is 12.5. The molecule has 0 saturated heterocycles. The summed E-state index contributed by atoms with van der Waals surface area (Å²) in [6, 6.07) is 0. The number of carboxylic acid groups (broad SMARTS) is 2. The Hall–Kier alpha value is -1.06. The second-order valence-corrected chi connectivity index (χ2v) is 6.77. The molecule has 0 aliphatic heterocycles. The zero-order chi connectivity index (χ0) is 16.8. The van der Waals surface area contributed by atoms with E-state index in [1.165, 1.54) is 32.1 Å². The van der Waals surface area contributed by atoms with Gasteiger partial charge < -0.3 is 10.2 Å². The number of carbonyl (C=O) groups is 2. The number of carboxylic acids is 2. The van der Waals surface area contributed by atoms with Crippen LogP contribution in [0.5, 0.6) is 0 Å². The summed E-state index contributed by atoms with van der Waals surface area (Å²) < 4.78 is 0. The van der Waals surface area contributed by atoms with Gasteiger partial charge in [-0.1, -0.05) is 65.2 Å². The molecule has 0 bridgehead atoms. The van der Waals surface area contributed by atoms with Crippen LogP contribution in [-0.4, -0.2) is 22.2 Å². The van der Waals surface area contributed by atoms with Crippen molar-refractivity contribution in [3.8, 4) is 0 Å². The van der Waals surface area contributed by atoms with Gasteiger partial charge in [-0.05, 0) is 25.2 Å². The largest absolute Gasteiger partial charge is 0.481 e. The van der Waals surface area contributed by atoms with Gasteiger partial charge in [-0.3, -0.25) is 9.59 Å². The molecule has 1 unspecified atom stereocenters. The molecular formula is C18H34O4. The van der Waals surface area contributed by atoms with E-state index in [9.17, 15) is 14.7 Å². The minimum Gasteiger partial charge on any atom is -0.481 e. The molecule has 2 N–H and O–H groups in total. The van der Waals surface area contributed by atoms with E-state index in [2.05, 4.69) is 13.8 Å². The van der Waals surface area contributed by atoms with E-state index in [1.54, 1.807) is 0 Å². The second-order valence-electron chi connectivity index (χ2n) is 6.77. The Kier molecular flexibility index (Phi) is 12.9. The summed E-state index contributed by atoms with van der Waals surface area (Å²) in [6.07, 6.45) is 11.2. The topological polar surface area (TPSA) is 74.6 Å². The van der Waals surface area contributed by atoms with Crippen LogP contribution in [0.15, 0.2) is 0 Å². The average Bonchev–Trinajstić information content (AvgIpc) is 2.42. The summed E-state index contributed by atoms with van der Waals surface area (Å²) in [5, 5.41) is 17.8. The van der Waals surface area contributed by atoms with Gasteiger partial charge in [-0.25, -0.2) is 0 Å². The number of aliphatic carboxylic acids is 2. The molecule has 0 aromatic rings. The van der Waals surface area contributed by atoms with Crippen LogP contribution in [0.4, 0.5) is 0 Å². The highest BCUT2D eigenvalue weighted by Gasteiger charge is 2.16. The summed E-state index contributed by atoms with van der Waals surface area (Å²) >= 11 is 0. The second kappa shape index (κ2) is 13.6. The Labute approximate surface area is 135 Å². The molecule has 0 saturated carbocycles. The summed E-state index contributed by atoms with van der Waals surface area (Å²) in [5.41, 5.74) is 0. The number of hydrogen-bond acceptors (Lipinski definition) is 2. The molecule has 4 nitrogen and oxygen atoms in total. The van der Waals surface area contributed by atoms with Gasteiger partial charge in [0.05, 0.1) is 5.92 Å². The lowest BCUT2D eigenvalue weighted by atomic mass is 9.94. The first-order chi connectivity index (χ1) is 10.4. The maximum absolute atomic E-state index is 11.2. The molecular weight excluding hydrogens is 280 g/mol. The van der Waals surface area contributed by atoms with E-state index in [4.69, 9.17) is 5.11 Å². The first kappa shape index (κ1) is 20.9. The quantitative estimate of drug-likeness (QED) is 0.412. The Balaban J connectivity index is 3.57. The molecule has 0 heterocycles. The monoisotopic (exact) mass is 314 g/mol. The van der Waals surface area contributed by atoms with E-state index >= 15 is 0 Å². The van der Waals surface area contributed by atoms with E-state index in [0.717, 1.165) is 25.2 Å². The lowest BCUT2D eigenvalue weighted by Crippen LogP contribution is -2.13. The lowest BCUT2D eigenvalue weighted by Gasteiger charge is -2.11. The van der Waals surface area contributed by atoms with E-state index in [1.807, 2.05) is 0 Å². The van der Waals surface area contributed by atoms with Crippen LogP contribution in [0.25, 0.3) is 0 Å². The molecule has 0 aromatic heterocycles. The fraction of sp³-hybridized carbons (Fsp3) is 0.889. The SMILES string of the molecule is CC(C)CCCCCCCCC(CCCCC(=O)O)C(=O)O. The van der Waals surface area contributed by atoms with Crippen molar-refractivity contribution in [2.45, 2.75) is 90.9 Å². The van der Waals surface area contributed by atoms with Crippen LogP contribution in [-0.2, 0) is 9.59 Å². The van der Waals surface area contributed by atoms with Crippen molar-refractivity contribution >= 4 is 11.9 Å². The van der Waals surface area contributed by atoms with Gasteiger partial charge >= 0.3 is 11.9 Å². The van der Waals surface area contributed by atoms with E-state index in [0.29, 0.717) is 19.3 Å². The van der Waals surface area contributed by atoms with E-state index < -0.39 is 11.9 Å². The third-order valence-corrected chi connectivity index (χ3v) is 4.13. The maximum atomic E-state index is 11.2. The number of hydrogen-bond donors (Lipinski definition) is 2. The summed E-state index contributed by atoms with van der Waals surface area (Å²) in [7, 11) is 0. The average molecular weight is 314 g/mol. The zero-order valence-corrected chi connectivity index (χ0v) is 14.4. The van der Waals surface area contributed by atoms with Crippen molar-refractivity contribution in [2.75, 3.05) is 0 Å². The van der Waals surface area contributed by atoms with Gasteiger partial charge in [0, 0.05) is 6.42 Å². The molecule has 22 heavy (non-hydrogen) atoms. The zero-order valence-electron chi connectivity index (χ0n) is 14.4. The van der Waals surface area contributed by atoms with Gasteiger partial charge in [0.2, 0.25) is 0 Å². The van der Waals surface area contributed by atoms with Gasteiger partial charge in [0.15, 0.2) is 0 Å². The fourth-order valence-electron chi connectivity index (χ4n) is 2.71. The maximum Gasteiger partial charge on any atom is 0.306 e. The molecule has 0 aliphatic rings. The molecule has 1 atom stereocenters. The highest BCUT2D eigenvalue weighted by atomic mass is 16.4. The third kappa shape index (κ3) is 13.9. The molecule has 0 amide bonds. The highest BCUT2D eigenvalue weighted by Crippen LogP contribution is 2.19. The minimum absolute atomic E-state index is 0.142. The minimum atomic E-state index is -0.802. The van der Waals surface area contributed by atoms with Crippen molar-refractivity contribution in [3.63, 3.8) is 0 Å². The van der Waals surface area contributed by atoms with Crippen LogP contribution in [0, 0.1) is 11.8 Å². The molecule has 130 valence electrons. The van der Waals surface area contributed by atoms with Crippen molar-refractivity contribution < 1.29 is 19.8 Å². The van der Waals surface area contributed by atoms with Gasteiger partial charge in [-0.2, -0.15) is 0 Å². The summed E-state index contributed by atoms with van der Waals surface area (Å²) in [4.78, 5) is 21.6. The van der Waals surface area contributed by atoms with Crippen LogP contribution in [0.1, 0.15) is 90.9 Å². The van der Waals surface area contributed by atoms with Crippen molar-refractivity contribution in [1.29, 1.82) is 0 Å². The molecule has 0 aromatic carbocycles. The Morgan fingerprint density at radius 1 is 0.727 bits per heavy atom. The van der Waals surface area contributed by atoms with E-state index in [-0.39, 0.29) is 12.3 Å². The number of unbranched alkanes of at least 4 members (excludes halogenated alkanes) is 6. The standard InChI is InChI=1S/C18H34O4/c1-15(2)11-7-5-3-4-6-8-12-16(18(21)22)13-9-10-14-17(19)20/h15-16H,3-14H2,1-2H3,(H,19,20)(H,21,22). The third-order valence-electron chi connectivity index (χ3n) is 4.13. The highest BCUT2D eigenvalue weighted by molar-refractivity contribution is 5.69.